The minimum atomic E-state index is 0.409. The average molecular weight is 291 g/mol. The van der Waals surface area contributed by atoms with Crippen LogP contribution in [0.15, 0.2) is 12.1 Å². The van der Waals surface area contributed by atoms with Crippen molar-refractivity contribution in [1.29, 1.82) is 0 Å². The summed E-state index contributed by atoms with van der Waals surface area (Å²) in [5, 5.41) is 3.56. The van der Waals surface area contributed by atoms with Gasteiger partial charge in [0.15, 0.2) is 0 Å². The second-order valence-corrected chi connectivity index (χ2v) is 7.24. The van der Waals surface area contributed by atoms with E-state index >= 15 is 0 Å². The van der Waals surface area contributed by atoms with Crippen molar-refractivity contribution in [2.45, 2.75) is 13.0 Å². The molecule has 0 aromatic carbocycles. The molecule has 17 heavy (non-hydrogen) atoms. The first-order valence-electron chi connectivity index (χ1n) is 6.04. The fourth-order valence-corrected chi connectivity index (χ4v) is 3.99. The van der Waals surface area contributed by atoms with E-state index in [2.05, 4.69) is 35.0 Å². The van der Waals surface area contributed by atoms with Crippen LogP contribution < -0.4 is 5.32 Å². The highest BCUT2D eigenvalue weighted by Gasteiger charge is 2.11. The molecule has 1 atom stereocenters. The van der Waals surface area contributed by atoms with Gasteiger partial charge in [-0.05, 0) is 19.1 Å². The van der Waals surface area contributed by atoms with Crippen LogP contribution in [-0.2, 0) is 0 Å². The molecule has 0 amide bonds. The molecule has 0 spiro atoms. The monoisotopic (exact) mass is 290 g/mol. The highest BCUT2D eigenvalue weighted by atomic mass is 35.5. The van der Waals surface area contributed by atoms with Gasteiger partial charge in [0.05, 0.1) is 4.34 Å². The van der Waals surface area contributed by atoms with E-state index in [9.17, 15) is 0 Å². The zero-order chi connectivity index (χ0) is 12.1. The smallest absolute Gasteiger partial charge is 0.0931 e. The predicted molar refractivity (Wildman–Crippen MR) is 79.5 cm³/mol. The number of nitrogens with zero attached hydrogens (tertiary/aromatic N) is 1. The molecule has 1 N–H and O–H groups in total. The fraction of sp³-hybridized carbons (Fsp3) is 0.667. The number of nitrogens with one attached hydrogen (secondary N) is 1. The molecular formula is C12H19ClN2S2. The Kier molecular flexibility index (Phi) is 5.63. The minimum Gasteiger partial charge on any atom is -0.308 e. The Labute approximate surface area is 117 Å². The summed E-state index contributed by atoms with van der Waals surface area (Å²) in [5.74, 6) is 2.58. The van der Waals surface area contributed by atoms with Crippen LogP contribution in [0.2, 0.25) is 4.34 Å². The average Bonchev–Trinajstić information content (AvgIpc) is 2.77. The SMILES string of the molecule is CC(NCCN1CCSCC1)c1ccc(Cl)s1. The van der Waals surface area contributed by atoms with Crippen molar-refractivity contribution in [2.75, 3.05) is 37.7 Å². The van der Waals surface area contributed by atoms with Gasteiger partial charge < -0.3 is 10.2 Å². The second-order valence-electron chi connectivity index (χ2n) is 4.27. The molecular weight excluding hydrogens is 272 g/mol. The molecule has 96 valence electrons. The molecule has 2 rings (SSSR count). The van der Waals surface area contributed by atoms with Gasteiger partial charge in [0, 0.05) is 48.6 Å². The first kappa shape index (κ1) is 13.7. The van der Waals surface area contributed by atoms with Crippen LogP contribution in [-0.4, -0.2) is 42.6 Å². The van der Waals surface area contributed by atoms with Crippen LogP contribution in [0.1, 0.15) is 17.8 Å². The first-order chi connectivity index (χ1) is 8.25. The largest absolute Gasteiger partial charge is 0.308 e. The zero-order valence-electron chi connectivity index (χ0n) is 10.1. The summed E-state index contributed by atoms with van der Waals surface area (Å²) < 4.78 is 0.877. The summed E-state index contributed by atoms with van der Waals surface area (Å²) in [6.45, 7) is 6.90. The number of rotatable bonds is 5. The Balaban J connectivity index is 1.67. The van der Waals surface area contributed by atoms with Crippen LogP contribution in [0, 0.1) is 0 Å². The maximum atomic E-state index is 5.94. The molecule has 1 aromatic heterocycles. The first-order valence-corrected chi connectivity index (χ1v) is 8.39. The Morgan fingerprint density at radius 1 is 1.41 bits per heavy atom. The van der Waals surface area contributed by atoms with Crippen molar-refractivity contribution in [3.05, 3.63) is 21.3 Å². The topological polar surface area (TPSA) is 15.3 Å². The molecule has 0 bridgehead atoms. The number of hydrogen-bond acceptors (Lipinski definition) is 4. The molecule has 1 unspecified atom stereocenters. The molecule has 5 heteroatoms. The highest BCUT2D eigenvalue weighted by molar-refractivity contribution is 7.99. The maximum Gasteiger partial charge on any atom is 0.0931 e. The van der Waals surface area contributed by atoms with E-state index in [0.717, 1.165) is 17.4 Å². The van der Waals surface area contributed by atoms with Gasteiger partial charge in [-0.1, -0.05) is 11.6 Å². The van der Waals surface area contributed by atoms with Gasteiger partial charge in [0.1, 0.15) is 0 Å². The summed E-state index contributed by atoms with van der Waals surface area (Å²) in [6.07, 6.45) is 0. The fourth-order valence-electron chi connectivity index (χ4n) is 1.93. The highest BCUT2D eigenvalue weighted by Crippen LogP contribution is 2.26. The van der Waals surface area contributed by atoms with E-state index in [-0.39, 0.29) is 0 Å². The number of thiophene rings is 1. The Morgan fingerprint density at radius 3 is 2.82 bits per heavy atom. The van der Waals surface area contributed by atoms with E-state index < -0.39 is 0 Å². The van der Waals surface area contributed by atoms with Crippen molar-refractivity contribution in [3.63, 3.8) is 0 Å². The van der Waals surface area contributed by atoms with Crippen LogP contribution in [0.3, 0.4) is 0 Å². The van der Waals surface area contributed by atoms with Gasteiger partial charge in [0.25, 0.3) is 0 Å². The predicted octanol–water partition coefficient (Wildman–Crippen LogP) is 3.10. The lowest BCUT2D eigenvalue weighted by atomic mass is 10.3. The van der Waals surface area contributed by atoms with Crippen molar-refractivity contribution in [1.82, 2.24) is 10.2 Å². The van der Waals surface area contributed by atoms with Crippen molar-refractivity contribution in [3.8, 4) is 0 Å². The van der Waals surface area contributed by atoms with E-state index in [1.165, 1.54) is 29.5 Å². The third kappa shape index (κ3) is 4.45. The Morgan fingerprint density at radius 2 is 2.18 bits per heavy atom. The van der Waals surface area contributed by atoms with Crippen LogP contribution >= 0.6 is 34.7 Å². The van der Waals surface area contributed by atoms with Gasteiger partial charge in [0.2, 0.25) is 0 Å². The summed E-state index contributed by atoms with van der Waals surface area (Å²) in [7, 11) is 0. The second kappa shape index (κ2) is 7.00. The van der Waals surface area contributed by atoms with E-state index in [4.69, 9.17) is 11.6 Å². The molecule has 2 heterocycles. The van der Waals surface area contributed by atoms with Gasteiger partial charge >= 0.3 is 0 Å². The molecule has 1 aliphatic heterocycles. The van der Waals surface area contributed by atoms with E-state index in [1.54, 1.807) is 11.3 Å². The van der Waals surface area contributed by atoms with Crippen molar-refractivity contribution in [2.24, 2.45) is 0 Å². The van der Waals surface area contributed by atoms with Crippen LogP contribution in [0.25, 0.3) is 0 Å². The van der Waals surface area contributed by atoms with Gasteiger partial charge in [-0.15, -0.1) is 11.3 Å². The van der Waals surface area contributed by atoms with E-state index in [0.29, 0.717) is 6.04 Å². The molecule has 1 saturated heterocycles. The van der Waals surface area contributed by atoms with Crippen molar-refractivity contribution < 1.29 is 0 Å². The number of hydrogen-bond donors (Lipinski definition) is 1. The van der Waals surface area contributed by atoms with Gasteiger partial charge in [-0.3, -0.25) is 0 Å². The summed E-state index contributed by atoms with van der Waals surface area (Å²) in [5.41, 5.74) is 0. The molecule has 1 aromatic rings. The molecule has 0 saturated carbocycles. The minimum absolute atomic E-state index is 0.409. The molecule has 2 nitrogen and oxygen atoms in total. The maximum absolute atomic E-state index is 5.94. The molecule has 1 fully saturated rings. The lowest BCUT2D eigenvalue weighted by molar-refractivity contribution is 0.297. The number of thioether (sulfide) groups is 1. The van der Waals surface area contributed by atoms with Gasteiger partial charge in [-0.25, -0.2) is 0 Å². The quantitative estimate of drug-likeness (QED) is 0.897. The summed E-state index contributed by atoms with van der Waals surface area (Å²) in [6, 6.07) is 4.50. The lowest BCUT2D eigenvalue weighted by Crippen LogP contribution is -2.38. The van der Waals surface area contributed by atoms with Crippen molar-refractivity contribution >= 4 is 34.7 Å². The third-order valence-corrected chi connectivity index (χ3v) is 5.36. The molecule has 0 aliphatic carbocycles. The lowest BCUT2D eigenvalue weighted by Gasteiger charge is -2.26. The molecule has 1 aliphatic rings. The van der Waals surface area contributed by atoms with Gasteiger partial charge in [-0.2, -0.15) is 11.8 Å². The van der Waals surface area contributed by atoms with E-state index in [1.807, 2.05) is 6.07 Å². The third-order valence-electron chi connectivity index (χ3n) is 3.00. The zero-order valence-corrected chi connectivity index (χ0v) is 12.5. The Hall–Kier alpha value is 0.260. The van der Waals surface area contributed by atoms with Crippen LogP contribution in [0.5, 0.6) is 0 Å². The Bertz CT molecular complexity index is 337. The number of halogens is 1. The normalized spacial score (nSPS) is 19.4. The standard InChI is InChI=1S/C12H19ClN2S2/c1-10(11-2-3-12(13)17-11)14-4-5-15-6-8-16-9-7-15/h2-3,10,14H,4-9H2,1H3. The summed E-state index contributed by atoms with van der Waals surface area (Å²) >= 11 is 9.67. The molecule has 0 radical (unpaired) electrons. The van der Waals surface area contributed by atoms with Crippen LogP contribution in [0.4, 0.5) is 0 Å². The summed E-state index contributed by atoms with van der Waals surface area (Å²) in [4.78, 5) is 3.86.